The molecule has 2 N–H and O–H groups in total. The Morgan fingerprint density at radius 2 is 2.26 bits per heavy atom. The van der Waals surface area contributed by atoms with E-state index in [0.717, 1.165) is 45.0 Å². The lowest BCUT2D eigenvalue weighted by Gasteiger charge is -2.40. The summed E-state index contributed by atoms with van der Waals surface area (Å²) in [6, 6.07) is 0. The standard InChI is InChI=1S/C17H31N5O/c1-4-18-16(19-10-6-15-12-21-22(2)13-15)20-14-17(7-5-8-17)9-11-23-3/h12-13H,4-11,14H2,1-3H3,(H2,18,19,20). The van der Waals surface area contributed by atoms with Gasteiger partial charge in [-0.3, -0.25) is 9.67 Å². The number of rotatable bonds is 9. The molecule has 1 aliphatic rings. The first-order valence-electron chi connectivity index (χ1n) is 8.66. The summed E-state index contributed by atoms with van der Waals surface area (Å²) >= 11 is 0. The minimum atomic E-state index is 0.363. The Morgan fingerprint density at radius 3 is 2.83 bits per heavy atom. The van der Waals surface area contributed by atoms with Crippen molar-refractivity contribution in [2.75, 3.05) is 33.4 Å². The molecule has 23 heavy (non-hydrogen) atoms. The Morgan fingerprint density at radius 1 is 1.43 bits per heavy atom. The number of nitrogens with one attached hydrogen (secondary N) is 2. The van der Waals surface area contributed by atoms with Crippen LogP contribution in [0.15, 0.2) is 17.4 Å². The van der Waals surface area contributed by atoms with Crippen LogP contribution in [-0.4, -0.2) is 49.1 Å². The Kier molecular flexibility index (Phi) is 6.89. The second kappa shape index (κ2) is 8.91. The third kappa shape index (κ3) is 5.53. The summed E-state index contributed by atoms with van der Waals surface area (Å²) in [6.45, 7) is 5.56. The van der Waals surface area contributed by atoms with Crippen LogP contribution in [-0.2, 0) is 18.2 Å². The van der Waals surface area contributed by atoms with E-state index in [2.05, 4.69) is 28.9 Å². The van der Waals surface area contributed by atoms with E-state index in [-0.39, 0.29) is 0 Å². The molecule has 130 valence electrons. The molecule has 0 atom stereocenters. The van der Waals surface area contributed by atoms with Crippen molar-refractivity contribution in [3.8, 4) is 0 Å². The summed E-state index contributed by atoms with van der Waals surface area (Å²) in [5.41, 5.74) is 1.60. The molecule has 1 aliphatic carbocycles. The van der Waals surface area contributed by atoms with Crippen LogP contribution in [0.2, 0.25) is 0 Å². The quantitative estimate of drug-likeness (QED) is 0.537. The van der Waals surface area contributed by atoms with Gasteiger partial charge in [-0.05, 0) is 43.6 Å². The zero-order valence-corrected chi connectivity index (χ0v) is 14.8. The minimum Gasteiger partial charge on any atom is -0.385 e. The average molecular weight is 321 g/mol. The number of aromatic nitrogens is 2. The maximum atomic E-state index is 5.26. The third-order valence-corrected chi connectivity index (χ3v) is 4.63. The molecular weight excluding hydrogens is 290 g/mol. The van der Waals surface area contributed by atoms with E-state index < -0.39 is 0 Å². The van der Waals surface area contributed by atoms with Crippen molar-refractivity contribution in [2.45, 2.75) is 39.0 Å². The predicted molar refractivity (Wildman–Crippen MR) is 93.7 cm³/mol. The van der Waals surface area contributed by atoms with Gasteiger partial charge in [0.2, 0.25) is 0 Å². The van der Waals surface area contributed by atoms with Crippen molar-refractivity contribution in [1.82, 2.24) is 20.4 Å². The van der Waals surface area contributed by atoms with Gasteiger partial charge in [0.25, 0.3) is 0 Å². The molecule has 0 spiro atoms. The zero-order chi connectivity index (χ0) is 16.5. The monoisotopic (exact) mass is 321 g/mol. The molecule has 6 heteroatoms. The fourth-order valence-corrected chi connectivity index (χ4v) is 3.00. The first kappa shape index (κ1) is 17.8. The van der Waals surface area contributed by atoms with Gasteiger partial charge in [-0.2, -0.15) is 5.10 Å². The molecule has 0 amide bonds. The Hall–Kier alpha value is -1.56. The summed E-state index contributed by atoms with van der Waals surface area (Å²) in [5, 5.41) is 11.0. The van der Waals surface area contributed by atoms with Gasteiger partial charge in [0.1, 0.15) is 0 Å². The van der Waals surface area contributed by atoms with Gasteiger partial charge < -0.3 is 15.4 Å². The highest BCUT2D eigenvalue weighted by atomic mass is 16.5. The molecule has 1 heterocycles. The summed E-state index contributed by atoms with van der Waals surface area (Å²) in [5.74, 6) is 0.917. The second-order valence-corrected chi connectivity index (χ2v) is 6.49. The summed E-state index contributed by atoms with van der Waals surface area (Å²) in [7, 11) is 3.72. The number of guanidine groups is 1. The van der Waals surface area contributed by atoms with Crippen molar-refractivity contribution in [2.24, 2.45) is 17.5 Å². The lowest BCUT2D eigenvalue weighted by molar-refractivity contribution is 0.0778. The van der Waals surface area contributed by atoms with Gasteiger partial charge in [0.15, 0.2) is 5.96 Å². The number of hydrogen-bond acceptors (Lipinski definition) is 3. The molecule has 0 bridgehead atoms. The van der Waals surface area contributed by atoms with Crippen molar-refractivity contribution < 1.29 is 4.74 Å². The maximum Gasteiger partial charge on any atom is 0.191 e. The van der Waals surface area contributed by atoms with E-state index >= 15 is 0 Å². The molecule has 1 saturated carbocycles. The number of aryl methyl sites for hydroxylation is 1. The van der Waals surface area contributed by atoms with Crippen LogP contribution in [0.4, 0.5) is 0 Å². The second-order valence-electron chi connectivity index (χ2n) is 6.49. The van der Waals surface area contributed by atoms with Crippen molar-refractivity contribution in [1.29, 1.82) is 0 Å². The zero-order valence-electron chi connectivity index (χ0n) is 14.8. The molecule has 0 aromatic carbocycles. The summed E-state index contributed by atoms with van der Waals surface area (Å²) in [4.78, 5) is 4.81. The highest BCUT2D eigenvalue weighted by Gasteiger charge is 2.36. The van der Waals surface area contributed by atoms with Crippen LogP contribution < -0.4 is 10.6 Å². The van der Waals surface area contributed by atoms with E-state index in [1.165, 1.54) is 24.8 Å². The van der Waals surface area contributed by atoms with E-state index in [4.69, 9.17) is 9.73 Å². The van der Waals surface area contributed by atoms with Gasteiger partial charge in [0.05, 0.1) is 6.20 Å². The largest absolute Gasteiger partial charge is 0.385 e. The van der Waals surface area contributed by atoms with Crippen LogP contribution in [0.3, 0.4) is 0 Å². The van der Waals surface area contributed by atoms with Crippen LogP contribution in [0.5, 0.6) is 0 Å². The Balaban J connectivity index is 1.81. The lowest BCUT2D eigenvalue weighted by Crippen LogP contribution is -2.41. The molecule has 6 nitrogen and oxygen atoms in total. The number of ether oxygens (including phenoxy) is 1. The topological polar surface area (TPSA) is 63.5 Å². The number of hydrogen-bond donors (Lipinski definition) is 2. The SMILES string of the molecule is CCNC(=NCC1(CCOC)CCC1)NCCc1cnn(C)c1. The normalized spacial score (nSPS) is 16.9. The van der Waals surface area contributed by atoms with Crippen LogP contribution in [0, 0.1) is 5.41 Å². The van der Waals surface area contributed by atoms with Gasteiger partial charge in [-0.25, -0.2) is 0 Å². The van der Waals surface area contributed by atoms with E-state index in [9.17, 15) is 0 Å². The summed E-state index contributed by atoms with van der Waals surface area (Å²) in [6.07, 6.45) is 9.91. The van der Waals surface area contributed by atoms with Crippen molar-refractivity contribution in [3.05, 3.63) is 18.0 Å². The van der Waals surface area contributed by atoms with Crippen LogP contribution >= 0.6 is 0 Å². The molecule has 0 radical (unpaired) electrons. The molecular formula is C17H31N5O. The lowest BCUT2D eigenvalue weighted by atomic mass is 9.67. The molecule has 0 aliphatic heterocycles. The Labute approximate surface area is 139 Å². The fourth-order valence-electron chi connectivity index (χ4n) is 3.00. The van der Waals surface area contributed by atoms with Crippen molar-refractivity contribution >= 4 is 5.96 Å². The number of methoxy groups -OCH3 is 1. The van der Waals surface area contributed by atoms with E-state index in [1.807, 2.05) is 17.9 Å². The van der Waals surface area contributed by atoms with E-state index in [0.29, 0.717) is 5.41 Å². The van der Waals surface area contributed by atoms with Gasteiger partial charge in [-0.15, -0.1) is 0 Å². The van der Waals surface area contributed by atoms with Gasteiger partial charge >= 0.3 is 0 Å². The fraction of sp³-hybridized carbons (Fsp3) is 0.765. The maximum absolute atomic E-state index is 5.26. The number of aliphatic imine (C=N–C) groups is 1. The third-order valence-electron chi connectivity index (χ3n) is 4.63. The van der Waals surface area contributed by atoms with Gasteiger partial charge in [0, 0.05) is 46.6 Å². The van der Waals surface area contributed by atoms with E-state index in [1.54, 1.807) is 7.11 Å². The molecule has 1 fully saturated rings. The Bertz CT molecular complexity index is 493. The van der Waals surface area contributed by atoms with Gasteiger partial charge in [-0.1, -0.05) is 6.42 Å². The minimum absolute atomic E-state index is 0.363. The molecule has 1 aromatic heterocycles. The summed E-state index contributed by atoms with van der Waals surface area (Å²) < 4.78 is 7.09. The first-order valence-corrected chi connectivity index (χ1v) is 8.66. The van der Waals surface area contributed by atoms with Crippen molar-refractivity contribution in [3.63, 3.8) is 0 Å². The van der Waals surface area contributed by atoms with Crippen LogP contribution in [0.1, 0.15) is 38.2 Å². The molecule has 0 saturated heterocycles. The molecule has 0 unspecified atom stereocenters. The highest BCUT2D eigenvalue weighted by Crippen LogP contribution is 2.44. The number of nitrogens with zero attached hydrogens (tertiary/aromatic N) is 3. The molecule has 1 aromatic rings. The predicted octanol–water partition coefficient (Wildman–Crippen LogP) is 1.72. The first-order chi connectivity index (χ1) is 11.2. The smallest absolute Gasteiger partial charge is 0.191 e. The average Bonchev–Trinajstić information content (AvgIpc) is 2.91. The highest BCUT2D eigenvalue weighted by molar-refractivity contribution is 5.79. The molecule has 2 rings (SSSR count). The van der Waals surface area contributed by atoms with Crippen LogP contribution in [0.25, 0.3) is 0 Å².